The zero-order chi connectivity index (χ0) is 24.3. The molecule has 34 heavy (non-hydrogen) atoms. The lowest BCUT2D eigenvalue weighted by molar-refractivity contribution is -0.129. The molecule has 0 N–H and O–H groups in total. The Balaban J connectivity index is 1.68. The molecule has 1 aromatic heterocycles. The largest absolute Gasteiger partial charge is 0.422 e. The van der Waals surface area contributed by atoms with Crippen molar-refractivity contribution in [2.45, 2.75) is 90.9 Å². The molecule has 0 atom stereocenters. The third kappa shape index (κ3) is 12.1. The normalized spacial score (nSPS) is 11.2. The van der Waals surface area contributed by atoms with Gasteiger partial charge in [0.15, 0.2) is 0 Å². The molecule has 0 fully saturated rings. The number of carbonyl (C=O) groups is 1. The van der Waals surface area contributed by atoms with Crippen LogP contribution in [-0.4, -0.2) is 24.2 Å². The number of nitrogens with zero attached hydrogens (tertiary/aromatic N) is 1. The number of hydrogen-bond donors (Lipinski definition) is 0. The van der Waals surface area contributed by atoms with Gasteiger partial charge in [0.05, 0.1) is 11.9 Å². The first kappa shape index (κ1) is 27.8. The van der Waals surface area contributed by atoms with Crippen LogP contribution in [0.4, 0.5) is 0 Å². The number of benzene rings is 1. The van der Waals surface area contributed by atoms with Gasteiger partial charge in [0.2, 0.25) is 0 Å². The third-order valence-electron chi connectivity index (χ3n) is 5.79. The van der Waals surface area contributed by atoms with Gasteiger partial charge in [0.25, 0.3) is 0 Å². The maximum absolute atomic E-state index is 12.0. The summed E-state index contributed by atoms with van der Waals surface area (Å²) in [6.07, 6.45) is 19.2. The van der Waals surface area contributed by atoms with Gasteiger partial charge in [-0.2, -0.15) is 0 Å². The van der Waals surface area contributed by atoms with Crippen LogP contribution in [0.15, 0.2) is 54.7 Å². The molecule has 0 saturated heterocycles. The highest BCUT2D eigenvalue weighted by Crippen LogP contribution is 2.21. The average molecular weight is 466 g/mol. The van der Waals surface area contributed by atoms with Crippen molar-refractivity contribution in [1.82, 2.24) is 4.98 Å². The molecule has 186 valence electrons. The highest BCUT2D eigenvalue weighted by Gasteiger charge is 2.04. The molecule has 2 aromatic rings. The molecular weight excluding hydrogens is 422 g/mol. The Bertz CT molecular complexity index is 812. The minimum Gasteiger partial charge on any atom is -0.422 e. The van der Waals surface area contributed by atoms with E-state index in [4.69, 9.17) is 9.47 Å². The van der Waals surface area contributed by atoms with E-state index >= 15 is 0 Å². The van der Waals surface area contributed by atoms with Gasteiger partial charge in [-0.3, -0.25) is 4.98 Å². The highest BCUT2D eigenvalue weighted by atomic mass is 16.5. The van der Waals surface area contributed by atoms with E-state index in [2.05, 4.69) is 43.1 Å². The summed E-state index contributed by atoms with van der Waals surface area (Å²) in [6, 6.07) is 12.3. The van der Waals surface area contributed by atoms with Gasteiger partial charge in [-0.15, -0.1) is 0 Å². The van der Waals surface area contributed by atoms with Gasteiger partial charge >= 0.3 is 5.97 Å². The zero-order valence-corrected chi connectivity index (χ0v) is 21.3. The van der Waals surface area contributed by atoms with Crippen LogP contribution in [0.3, 0.4) is 0 Å². The molecule has 0 saturated carbocycles. The third-order valence-corrected chi connectivity index (χ3v) is 5.79. The zero-order valence-electron chi connectivity index (χ0n) is 21.3. The molecule has 4 nitrogen and oxygen atoms in total. The molecule has 0 aliphatic heterocycles. The molecule has 1 aromatic carbocycles. The van der Waals surface area contributed by atoms with Crippen molar-refractivity contribution in [2.24, 2.45) is 0 Å². The lowest BCUT2D eigenvalue weighted by Crippen LogP contribution is -2.04. The summed E-state index contributed by atoms with van der Waals surface area (Å²) in [7, 11) is 0. The maximum atomic E-state index is 12.0. The topological polar surface area (TPSA) is 48.4 Å². The van der Waals surface area contributed by atoms with Gasteiger partial charge in [-0.1, -0.05) is 82.7 Å². The molecule has 1 heterocycles. The van der Waals surface area contributed by atoms with Crippen molar-refractivity contribution in [3.05, 3.63) is 60.3 Å². The standard InChI is InChI=1S/C30H43NO3/c1-3-5-6-7-8-9-10-13-16-30(32)34-28-21-22-29(31-25-28)27-19-17-26(18-20-27)15-12-11-14-24-33-23-4-2/h13,16-22,25H,3-12,14-15,23-24H2,1-2H3. The fourth-order valence-electron chi connectivity index (χ4n) is 3.78. The van der Waals surface area contributed by atoms with Gasteiger partial charge in [-0.25, -0.2) is 4.79 Å². The Hall–Kier alpha value is -2.46. The number of rotatable bonds is 18. The molecule has 0 unspecified atom stereocenters. The number of hydrogen-bond acceptors (Lipinski definition) is 4. The molecule has 0 bridgehead atoms. The predicted octanol–water partition coefficient (Wildman–Crippen LogP) is 8.10. The van der Waals surface area contributed by atoms with E-state index in [1.165, 1.54) is 56.6 Å². The Labute approximate surface area is 206 Å². The van der Waals surface area contributed by atoms with E-state index in [1.807, 2.05) is 12.1 Å². The van der Waals surface area contributed by atoms with Crippen molar-refractivity contribution < 1.29 is 14.3 Å². The van der Waals surface area contributed by atoms with Crippen LogP contribution in [0.5, 0.6) is 5.75 Å². The highest BCUT2D eigenvalue weighted by molar-refractivity contribution is 5.84. The summed E-state index contributed by atoms with van der Waals surface area (Å²) < 4.78 is 10.9. The van der Waals surface area contributed by atoms with Crippen LogP contribution < -0.4 is 4.74 Å². The summed E-state index contributed by atoms with van der Waals surface area (Å²) >= 11 is 0. The Morgan fingerprint density at radius 1 is 0.824 bits per heavy atom. The second-order valence-electron chi connectivity index (χ2n) is 8.88. The molecule has 2 rings (SSSR count). The van der Waals surface area contributed by atoms with Crippen molar-refractivity contribution in [3.8, 4) is 17.0 Å². The van der Waals surface area contributed by atoms with Gasteiger partial charge < -0.3 is 9.47 Å². The van der Waals surface area contributed by atoms with E-state index in [0.717, 1.165) is 56.6 Å². The van der Waals surface area contributed by atoms with E-state index in [1.54, 1.807) is 12.3 Å². The van der Waals surface area contributed by atoms with Crippen LogP contribution in [0.2, 0.25) is 0 Å². The summed E-state index contributed by atoms with van der Waals surface area (Å²) in [6.45, 7) is 6.11. The fourth-order valence-corrected chi connectivity index (χ4v) is 3.78. The van der Waals surface area contributed by atoms with Crippen LogP contribution in [0.1, 0.15) is 90.0 Å². The van der Waals surface area contributed by atoms with E-state index in [9.17, 15) is 4.79 Å². The predicted molar refractivity (Wildman–Crippen MR) is 141 cm³/mol. The monoisotopic (exact) mass is 465 g/mol. The molecule has 0 radical (unpaired) electrons. The summed E-state index contributed by atoms with van der Waals surface area (Å²) in [4.78, 5) is 16.5. The van der Waals surface area contributed by atoms with Gasteiger partial charge in [-0.05, 0) is 56.2 Å². The number of unbranched alkanes of at least 4 members (excludes halogenated alkanes) is 8. The Morgan fingerprint density at radius 2 is 1.59 bits per heavy atom. The minimum atomic E-state index is -0.346. The maximum Gasteiger partial charge on any atom is 0.335 e. The number of ether oxygens (including phenoxy) is 2. The minimum absolute atomic E-state index is 0.346. The number of esters is 1. The summed E-state index contributed by atoms with van der Waals surface area (Å²) in [5.74, 6) is 0.124. The first-order valence-corrected chi connectivity index (χ1v) is 13.2. The van der Waals surface area contributed by atoms with Crippen LogP contribution in [0, 0.1) is 0 Å². The Kier molecular flexibility index (Phi) is 14.7. The lowest BCUT2D eigenvalue weighted by Gasteiger charge is -2.06. The van der Waals surface area contributed by atoms with Crippen molar-refractivity contribution in [1.29, 1.82) is 0 Å². The quantitative estimate of drug-likeness (QED) is 0.127. The molecular formula is C30H43NO3. The van der Waals surface area contributed by atoms with Crippen LogP contribution in [-0.2, 0) is 16.0 Å². The lowest BCUT2D eigenvalue weighted by atomic mass is 10.0. The number of pyridine rings is 1. The van der Waals surface area contributed by atoms with Crippen molar-refractivity contribution >= 4 is 5.97 Å². The second kappa shape index (κ2) is 17.9. The van der Waals surface area contributed by atoms with Gasteiger partial charge in [0.1, 0.15) is 5.75 Å². The van der Waals surface area contributed by atoms with Crippen molar-refractivity contribution in [2.75, 3.05) is 13.2 Å². The van der Waals surface area contributed by atoms with Gasteiger partial charge in [0, 0.05) is 24.9 Å². The molecule has 0 amide bonds. The molecule has 4 heteroatoms. The summed E-state index contributed by atoms with van der Waals surface area (Å²) in [5, 5.41) is 0. The second-order valence-corrected chi connectivity index (χ2v) is 8.88. The van der Waals surface area contributed by atoms with E-state index < -0.39 is 0 Å². The smallest absolute Gasteiger partial charge is 0.335 e. The fraction of sp³-hybridized carbons (Fsp3) is 0.533. The number of aryl methyl sites for hydroxylation is 1. The molecule has 0 spiro atoms. The van der Waals surface area contributed by atoms with E-state index in [0.29, 0.717) is 5.75 Å². The number of allylic oxidation sites excluding steroid dienone is 1. The number of aromatic nitrogens is 1. The van der Waals surface area contributed by atoms with Crippen LogP contribution >= 0.6 is 0 Å². The number of carbonyl (C=O) groups excluding carboxylic acids is 1. The summed E-state index contributed by atoms with van der Waals surface area (Å²) in [5.41, 5.74) is 3.28. The SMILES string of the molecule is CCCCCCCCC=CC(=O)Oc1ccc(-c2ccc(CCCCCOCCC)cc2)nc1. The van der Waals surface area contributed by atoms with Crippen LogP contribution in [0.25, 0.3) is 11.3 Å². The molecule has 0 aliphatic carbocycles. The first-order chi connectivity index (χ1) is 16.7. The first-order valence-electron chi connectivity index (χ1n) is 13.2. The van der Waals surface area contributed by atoms with E-state index in [-0.39, 0.29) is 5.97 Å². The Morgan fingerprint density at radius 3 is 2.32 bits per heavy atom. The average Bonchev–Trinajstić information content (AvgIpc) is 2.86. The van der Waals surface area contributed by atoms with Crippen molar-refractivity contribution in [3.63, 3.8) is 0 Å². The molecule has 0 aliphatic rings.